The maximum Gasteiger partial charge on any atom is 0.238 e. The highest BCUT2D eigenvalue weighted by Gasteiger charge is 2.07. The number of primary sulfonamides is 1. The summed E-state index contributed by atoms with van der Waals surface area (Å²) in [6.45, 7) is 1.88. The van der Waals surface area contributed by atoms with Crippen molar-refractivity contribution in [3.63, 3.8) is 0 Å². The minimum atomic E-state index is -3.58. The first-order valence-electron chi connectivity index (χ1n) is 4.15. The van der Waals surface area contributed by atoms with Gasteiger partial charge in [0, 0.05) is 5.38 Å². The van der Waals surface area contributed by atoms with Crippen LogP contribution in [0.25, 0.3) is 0 Å². The van der Waals surface area contributed by atoms with Crippen LogP contribution in [0.15, 0.2) is 29.2 Å². The van der Waals surface area contributed by atoms with Crippen molar-refractivity contribution in [1.29, 1.82) is 0 Å². The SMILES string of the molecule is CC(Cl)Cc1ccc(S(N)(=O)=O)cc1. The van der Waals surface area contributed by atoms with Gasteiger partial charge in [-0.05, 0) is 31.0 Å². The molecule has 2 N–H and O–H groups in total. The molecule has 0 bridgehead atoms. The Labute approximate surface area is 88.9 Å². The van der Waals surface area contributed by atoms with E-state index in [0.29, 0.717) is 6.42 Å². The predicted molar refractivity (Wildman–Crippen MR) is 56.8 cm³/mol. The van der Waals surface area contributed by atoms with Crippen LogP contribution in [-0.4, -0.2) is 13.8 Å². The first kappa shape index (κ1) is 11.5. The summed E-state index contributed by atoms with van der Waals surface area (Å²) in [4.78, 5) is 0.128. The molecule has 0 aliphatic rings. The van der Waals surface area contributed by atoms with Crippen molar-refractivity contribution in [3.05, 3.63) is 29.8 Å². The molecule has 1 aromatic rings. The number of sulfonamides is 1. The van der Waals surface area contributed by atoms with E-state index >= 15 is 0 Å². The lowest BCUT2D eigenvalue weighted by molar-refractivity contribution is 0.598. The lowest BCUT2D eigenvalue weighted by atomic mass is 10.1. The zero-order valence-corrected chi connectivity index (χ0v) is 9.35. The van der Waals surface area contributed by atoms with Gasteiger partial charge >= 0.3 is 0 Å². The van der Waals surface area contributed by atoms with Crippen molar-refractivity contribution in [3.8, 4) is 0 Å². The van der Waals surface area contributed by atoms with Gasteiger partial charge in [-0.15, -0.1) is 11.6 Å². The Hall–Kier alpha value is -0.580. The number of hydrogen-bond acceptors (Lipinski definition) is 2. The second-order valence-electron chi connectivity index (χ2n) is 3.17. The molecule has 0 aromatic heterocycles. The van der Waals surface area contributed by atoms with Gasteiger partial charge in [0.05, 0.1) is 4.90 Å². The fraction of sp³-hybridized carbons (Fsp3) is 0.333. The summed E-state index contributed by atoms with van der Waals surface area (Å²) in [5.41, 5.74) is 1.000. The number of hydrogen-bond donors (Lipinski definition) is 1. The molecule has 0 aliphatic heterocycles. The zero-order chi connectivity index (χ0) is 10.8. The first-order valence-corrected chi connectivity index (χ1v) is 6.13. The van der Waals surface area contributed by atoms with E-state index in [9.17, 15) is 8.42 Å². The van der Waals surface area contributed by atoms with Crippen LogP contribution in [0, 0.1) is 0 Å². The van der Waals surface area contributed by atoms with Crippen molar-refractivity contribution in [2.24, 2.45) is 5.14 Å². The smallest absolute Gasteiger partial charge is 0.225 e. The largest absolute Gasteiger partial charge is 0.238 e. The van der Waals surface area contributed by atoms with Gasteiger partial charge in [-0.2, -0.15) is 0 Å². The highest BCUT2D eigenvalue weighted by atomic mass is 35.5. The Morgan fingerprint density at radius 1 is 1.36 bits per heavy atom. The van der Waals surface area contributed by atoms with E-state index in [2.05, 4.69) is 0 Å². The van der Waals surface area contributed by atoms with Gasteiger partial charge in [-0.3, -0.25) is 0 Å². The number of halogens is 1. The van der Waals surface area contributed by atoms with Gasteiger partial charge in [0.2, 0.25) is 10.0 Å². The van der Waals surface area contributed by atoms with E-state index in [1.165, 1.54) is 12.1 Å². The van der Waals surface area contributed by atoms with Gasteiger partial charge in [-0.1, -0.05) is 12.1 Å². The molecule has 0 amide bonds. The minimum absolute atomic E-state index is 0.0373. The molecular weight excluding hydrogens is 222 g/mol. The van der Waals surface area contributed by atoms with Crippen LogP contribution in [0.1, 0.15) is 12.5 Å². The highest BCUT2D eigenvalue weighted by Crippen LogP contribution is 2.11. The fourth-order valence-corrected chi connectivity index (χ4v) is 1.83. The third kappa shape index (κ3) is 3.29. The van der Waals surface area contributed by atoms with Gasteiger partial charge in [-0.25, -0.2) is 13.6 Å². The first-order chi connectivity index (χ1) is 6.39. The van der Waals surface area contributed by atoms with Crippen molar-refractivity contribution in [2.75, 3.05) is 0 Å². The molecule has 0 saturated carbocycles. The van der Waals surface area contributed by atoms with Gasteiger partial charge in [0.1, 0.15) is 0 Å². The Morgan fingerprint density at radius 3 is 2.21 bits per heavy atom. The highest BCUT2D eigenvalue weighted by molar-refractivity contribution is 7.89. The second-order valence-corrected chi connectivity index (χ2v) is 5.48. The molecule has 0 saturated heterocycles. The van der Waals surface area contributed by atoms with Crippen molar-refractivity contribution >= 4 is 21.6 Å². The van der Waals surface area contributed by atoms with Crippen LogP contribution < -0.4 is 5.14 Å². The number of rotatable bonds is 3. The predicted octanol–water partition coefficient (Wildman–Crippen LogP) is 1.50. The van der Waals surface area contributed by atoms with Crippen LogP contribution >= 0.6 is 11.6 Å². The van der Waals surface area contributed by atoms with Gasteiger partial charge < -0.3 is 0 Å². The Balaban J connectivity index is 2.90. The summed E-state index contributed by atoms with van der Waals surface area (Å²) in [6.07, 6.45) is 0.715. The number of benzene rings is 1. The van der Waals surface area contributed by atoms with E-state index in [1.807, 2.05) is 6.92 Å². The Bertz CT molecular complexity index is 397. The molecule has 0 heterocycles. The molecule has 0 spiro atoms. The van der Waals surface area contributed by atoms with E-state index in [0.717, 1.165) is 5.56 Å². The van der Waals surface area contributed by atoms with Gasteiger partial charge in [0.15, 0.2) is 0 Å². The van der Waals surface area contributed by atoms with Crippen LogP contribution in [0.2, 0.25) is 0 Å². The monoisotopic (exact) mass is 233 g/mol. The van der Waals surface area contributed by atoms with Crippen molar-refractivity contribution in [2.45, 2.75) is 23.6 Å². The molecule has 0 fully saturated rings. The van der Waals surface area contributed by atoms with Gasteiger partial charge in [0.25, 0.3) is 0 Å². The Morgan fingerprint density at radius 2 is 1.86 bits per heavy atom. The maximum atomic E-state index is 10.9. The molecule has 3 nitrogen and oxygen atoms in total. The fourth-order valence-electron chi connectivity index (χ4n) is 1.14. The number of alkyl halides is 1. The summed E-state index contributed by atoms with van der Waals surface area (Å²) >= 11 is 5.80. The lowest BCUT2D eigenvalue weighted by Gasteiger charge is -2.03. The normalized spacial score (nSPS) is 13.9. The molecule has 1 rings (SSSR count). The quantitative estimate of drug-likeness (QED) is 0.805. The average molecular weight is 234 g/mol. The standard InChI is InChI=1S/C9H12ClNO2S/c1-7(10)6-8-2-4-9(5-3-8)14(11,12)13/h2-5,7H,6H2,1H3,(H2,11,12,13). The average Bonchev–Trinajstić information content (AvgIpc) is 2.02. The molecule has 1 atom stereocenters. The van der Waals surface area contributed by atoms with Crippen LogP contribution in [0.4, 0.5) is 0 Å². The summed E-state index contributed by atoms with van der Waals surface area (Å²) in [5.74, 6) is 0. The van der Waals surface area contributed by atoms with Crippen molar-refractivity contribution in [1.82, 2.24) is 0 Å². The second kappa shape index (κ2) is 4.29. The Kier molecular flexibility index (Phi) is 3.53. The third-order valence-corrected chi connectivity index (χ3v) is 2.85. The van der Waals surface area contributed by atoms with E-state index in [-0.39, 0.29) is 10.3 Å². The molecule has 5 heteroatoms. The molecule has 0 radical (unpaired) electrons. The lowest BCUT2D eigenvalue weighted by Crippen LogP contribution is -2.12. The van der Waals surface area contributed by atoms with Crippen molar-refractivity contribution < 1.29 is 8.42 Å². The van der Waals surface area contributed by atoms with E-state index < -0.39 is 10.0 Å². The minimum Gasteiger partial charge on any atom is -0.225 e. The van der Waals surface area contributed by atoms with Crippen LogP contribution in [0.5, 0.6) is 0 Å². The van der Waals surface area contributed by atoms with Crippen LogP contribution in [0.3, 0.4) is 0 Å². The summed E-state index contributed by atoms with van der Waals surface area (Å²) < 4.78 is 21.8. The topological polar surface area (TPSA) is 60.2 Å². The summed E-state index contributed by atoms with van der Waals surface area (Å²) in [6, 6.07) is 6.42. The molecule has 14 heavy (non-hydrogen) atoms. The maximum absolute atomic E-state index is 10.9. The summed E-state index contributed by atoms with van der Waals surface area (Å²) in [5, 5.41) is 4.99. The van der Waals surface area contributed by atoms with Crippen LogP contribution in [-0.2, 0) is 16.4 Å². The molecular formula is C9H12ClNO2S. The third-order valence-electron chi connectivity index (χ3n) is 1.77. The number of nitrogens with two attached hydrogens (primary N) is 1. The molecule has 0 aliphatic carbocycles. The molecule has 1 aromatic carbocycles. The summed E-state index contributed by atoms with van der Waals surface area (Å²) in [7, 11) is -3.58. The molecule has 78 valence electrons. The molecule has 1 unspecified atom stereocenters. The zero-order valence-electron chi connectivity index (χ0n) is 7.77. The van der Waals surface area contributed by atoms with E-state index in [1.54, 1.807) is 12.1 Å². The van der Waals surface area contributed by atoms with E-state index in [4.69, 9.17) is 16.7 Å².